The van der Waals surface area contributed by atoms with E-state index in [1.165, 1.54) is 11.3 Å². The van der Waals surface area contributed by atoms with E-state index in [2.05, 4.69) is 15.5 Å². The Morgan fingerprint density at radius 2 is 1.51 bits per heavy atom. The topological polar surface area (TPSA) is 116 Å². The van der Waals surface area contributed by atoms with Gasteiger partial charge in [0.25, 0.3) is 0 Å². The van der Waals surface area contributed by atoms with Gasteiger partial charge in [-0.3, -0.25) is 5.43 Å². The Labute approximate surface area is 258 Å². The van der Waals surface area contributed by atoms with Gasteiger partial charge >= 0.3 is 11.3 Å². The molecule has 4 aromatic heterocycles. The van der Waals surface area contributed by atoms with Crippen LogP contribution in [0.4, 0.5) is 5.13 Å². The third kappa shape index (κ3) is 4.89. The Bertz CT molecular complexity index is 2530. The molecular formula is C35H21N5O4S. The smallest absolute Gasteiger partial charge is 0.345 e. The molecule has 0 bridgehead atoms. The van der Waals surface area contributed by atoms with E-state index in [4.69, 9.17) is 13.9 Å². The number of hydrazone groups is 1. The van der Waals surface area contributed by atoms with Crippen LogP contribution < -0.4 is 16.7 Å². The monoisotopic (exact) mass is 607 g/mol. The molecule has 0 saturated carbocycles. The maximum absolute atomic E-state index is 13.0. The van der Waals surface area contributed by atoms with Gasteiger partial charge in [0.1, 0.15) is 16.9 Å². The minimum absolute atomic E-state index is 0.317. The number of para-hydroxylation sites is 2. The van der Waals surface area contributed by atoms with Crippen LogP contribution >= 0.6 is 11.3 Å². The van der Waals surface area contributed by atoms with E-state index in [0.717, 1.165) is 27.2 Å². The molecule has 0 radical (unpaired) electrons. The van der Waals surface area contributed by atoms with Gasteiger partial charge < -0.3 is 8.83 Å². The Hall–Kier alpha value is -6.13. The van der Waals surface area contributed by atoms with Gasteiger partial charge in [0.15, 0.2) is 0 Å². The van der Waals surface area contributed by atoms with Gasteiger partial charge in [-0.2, -0.15) is 10.2 Å². The van der Waals surface area contributed by atoms with Crippen LogP contribution in [0, 0.1) is 0 Å². The molecule has 0 atom stereocenters. The van der Waals surface area contributed by atoms with Crippen molar-refractivity contribution in [1.29, 1.82) is 0 Å². The number of nitrogens with zero attached hydrogens (tertiary/aromatic N) is 4. The van der Waals surface area contributed by atoms with Gasteiger partial charge in [-0.1, -0.05) is 66.7 Å². The van der Waals surface area contributed by atoms with Crippen molar-refractivity contribution >= 4 is 55.4 Å². The van der Waals surface area contributed by atoms with Crippen LogP contribution in [-0.4, -0.2) is 21.0 Å². The van der Waals surface area contributed by atoms with E-state index >= 15 is 0 Å². The zero-order valence-corrected chi connectivity index (χ0v) is 24.2. The maximum Gasteiger partial charge on any atom is 0.345 e. The van der Waals surface area contributed by atoms with Crippen LogP contribution in [0.25, 0.3) is 60.9 Å². The summed E-state index contributed by atoms with van der Waals surface area (Å²) in [4.78, 5) is 30.5. The fourth-order valence-electron chi connectivity index (χ4n) is 5.29. The molecule has 0 fully saturated rings. The molecule has 0 aliphatic heterocycles. The summed E-state index contributed by atoms with van der Waals surface area (Å²) in [5, 5.41) is 15.0. The predicted molar refractivity (Wildman–Crippen MR) is 177 cm³/mol. The summed E-state index contributed by atoms with van der Waals surface area (Å²) in [6, 6.07) is 32.2. The van der Waals surface area contributed by atoms with E-state index < -0.39 is 11.3 Å². The van der Waals surface area contributed by atoms with Crippen molar-refractivity contribution < 1.29 is 8.83 Å². The number of thiazole rings is 1. The average Bonchev–Trinajstić information content (AvgIpc) is 3.72. The van der Waals surface area contributed by atoms with Gasteiger partial charge in [-0.05, 0) is 47.2 Å². The summed E-state index contributed by atoms with van der Waals surface area (Å²) < 4.78 is 12.9. The molecule has 0 saturated heterocycles. The first-order chi connectivity index (χ1) is 22.1. The molecule has 4 aromatic carbocycles. The minimum atomic E-state index is -0.499. The Morgan fingerprint density at radius 1 is 0.756 bits per heavy atom. The third-order valence-corrected chi connectivity index (χ3v) is 8.19. The molecular weight excluding hydrogens is 586 g/mol. The Kier molecular flexibility index (Phi) is 6.39. The molecule has 0 aliphatic carbocycles. The van der Waals surface area contributed by atoms with E-state index in [-0.39, 0.29) is 0 Å². The van der Waals surface area contributed by atoms with Crippen molar-refractivity contribution in [1.82, 2.24) is 14.8 Å². The Balaban J connectivity index is 1.13. The molecule has 0 amide bonds. The fourth-order valence-corrected chi connectivity index (χ4v) is 5.95. The number of anilines is 1. The average molecular weight is 608 g/mol. The molecule has 0 unspecified atom stereocenters. The summed E-state index contributed by atoms with van der Waals surface area (Å²) in [5.74, 6) is 0. The molecule has 216 valence electrons. The summed E-state index contributed by atoms with van der Waals surface area (Å²) in [7, 11) is 0. The number of fused-ring (bicyclic) bond motifs is 4. The van der Waals surface area contributed by atoms with E-state index in [1.54, 1.807) is 34.6 Å². The molecule has 0 aliphatic rings. The normalized spacial score (nSPS) is 11.6. The second-order valence-corrected chi connectivity index (χ2v) is 11.1. The molecule has 0 spiro atoms. The van der Waals surface area contributed by atoms with Crippen LogP contribution in [-0.2, 0) is 0 Å². The number of benzene rings is 4. The van der Waals surface area contributed by atoms with E-state index in [9.17, 15) is 9.59 Å². The molecule has 45 heavy (non-hydrogen) atoms. The molecule has 4 heterocycles. The number of hydrogen-bond acceptors (Lipinski definition) is 9. The predicted octanol–water partition coefficient (Wildman–Crippen LogP) is 7.47. The first-order valence-corrected chi connectivity index (χ1v) is 14.9. The van der Waals surface area contributed by atoms with Crippen LogP contribution in [0.3, 0.4) is 0 Å². The number of aromatic nitrogens is 3. The highest BCUT2D eigenvalue weighted by molar-refractivity contribution is 7.14. The van der Waals surface area contributed by atoms with Gasteiger partial charge in [0.05, 0.1) is 28.7 Å². The SMILES string of the molecule is O=c1oc2ccc3ccccc3c2cc1-c1csc(N/N=C/c2cn(-c3ccccc3)nc2-c2cc3ccccc3oc2=O)n1. The fraction of sp³-hybridized carbons (Fsp3) is 0. The van der Waals surface area contributed by atoms with Crippen molar-refractivity contribution in [2.45, 2.75) is 0 Å². The molecule has 1 N–H and O–H groups in total. The second-order valence-electron chi connectivity index (χ2n) is 10.3. The van der Waals surface area contributed by atoms with Crippen molar-refractivity contribution in [3.8, 4) is 28.2 Å². The number of hydrogen-bond donors (Lipinski definition) is 1. The van der Waals surface area contributed by atoms with Crippen LogP contribution in [0.2, 0.25) is 0 Å². The van der Waals surface area contributed by atoms with Gasteiger partial charge in [-0.25, -0.2) is 19.3 Å². The standard InChI is InChI=1S/C35H21N5O4S/c41-33-27(17-26-25-12-6-4-8-21(25)14-15-31(26)44-33)29-20-45-35(37-29)38-36-18-23-19-40(24-10-2-1-3-11-24)39-32(23)28-16-22-9-5-7-13-30(22)43-34(28)42/h1-20H,(H,37,38)/b36-18+. The van der Waals surface area contributed by atoms with Gasteiger partial charge in [0.2, 0.25) is 5.13 Å². The lowest BCUT2D eigenvalue weighted by Crippen LogP contribution is -2.05. The highest BCUT2D eigenvalue weighted by atomic mass is 32.1. The molecule has 9 nitrogen and oxygen atoms in total. The maximum atomic E-state index is 13.0. The Morgan fingerprint density at radius 3 is 2.40 bits per heavy atom. The van der Waals surface area contributed by atoms with Crippen molar-refractivity contribution in [3.63, 3.8) is 0 Å². The number of nitrogens with one attached hydrogen (secondary N) is 1. The summed E-state index contributed by atoms with van der Waals surface area (Å²) in [6.07, 6.45) is 3.37. The summed E-state index contributed by atoms with van der Waals surface area (Å²) in [5.41, 5.74) is 5.99. The molecule has 8 aromatic rings. The molecule has 8 rings (SSSR count). The zero-order chi connectivity index (χ0) is 30.3. The lowest BCUT2D eigenvalue weighted by atomic mass is 10.0. The van der Waals surface area contributed by atoms with E-state index in [1.807, 2.05) is 91.0 Å². The lowest BCUT2D eigenvalue weighted by molar-refractivity contribution is 0.563. The first-order valence-electron chi connectivity index (χ1n) is 14.0. The largest absolute Gasteiger partial charge is 0.422 e. The zero-order valence-electron chi connectivity index (χ0n) is 23.4. The van der Waals surface area contributed by atoms with Gasteiger partial charge in [0, 0.05) is 27.9 Å². The molecule has 10 heteroatoms. The quantitative estimate of drug-likeness (QED) is 0.0902. The van der Waals surface area contributed by atoms with Crippen molar-refractivity contribution in [3.05, 3.63) is 141 Å². The first kappa shape index (κ1) is 26.5. The highest BCUT2D eigenvalue weighted by Gasteiger charge is 2.17. The number of rotatable bonds is 6. The van der Waals surface area contributed by atoms with Gasteiger partial charge in [-0.15, -0.1) is 11.3 Å². The van der Waals surface area contributed by atoms with Crippen molar-refractivity contribution in [2.24, 2.45) is 5.10 Å². The lowest BCUT2D eigenvalue weighted by Gasteiger charge is -2.04. The minimum Gasteiger partial charge on any atom is -0.422 e. The third-order valence-electron chi connectivity index (χ3n) is 7.45. The van der Waals surface area contributed by atoms with Crippen LogP contribution in [0.15, 0.2) is 138 Å². The van der Waals surface area contributed by atoms with E-state index in [0.29, 0.717) is 44.4 Å². The highest BCUT2D eigenvalue weighted by Crippen LogP contribution is 2.30. The summed E-state index contributed by atoms with van der Waals surface area (Å²) in [6.45, 7) is 0. The van der Waals surface area contributed by atoms with Crippen LogP contribution in [0.1, 0.15) is 5.56 Å². The second kappa shape index (κ2) is 10.9. The van der Waals surface area contributed by atoms with Crippen molar-refractivity contribution in [2.75, 3.05) is 5.43 Å². The van der Waals surface area contributed by atoms with Crippen LogP contribution in [0.5, 0.6) is 0 Å². The summed E-state index contributed by atoms with van der Waals surface area (Å²) >= 11 is 1.30.